The minimum Gasteiger partial charge on any atom is -0.382 e. The van der Waals surface area contributed by atoms with Crippen LogP contribution in [0, 0.1) is 12.8 Å². The van der Waals surface area contributed by atoms with E-state index < -0.39 is 0 Å². The Balaban J connectivity index is 2.09. The summed E-state index contributed by atoms with van der Waals surface area (Å²) in [6.07, 6.45) is 0.901. The summed E-state index contributed by atoms with van der Waals surface area (Å²) in [7, 11) is 0. The lowest BCUT2D eigenvalue weighted by molar-refractivity contribution is -0.131. The number of nitrogens with one attached hydrogen (secondary N) is 1. The van der Waals surface area contributed by atoms with Crippen molar-refractivity contribution in [2.45, 2.75) is 46.3 Å². The van der Waals surface area contributed by atoms with Crippen molar-refractivity contribution < 1.29 is 9.53 Å². The van der Waals surface area contributed by atoms with E-state index >= 15 is 0 Å². The molecule has 1 aromatic rings. The zero-order chi connectivity index (χ0) is 15.4. The predicted octanol–water partition coefficient (Wildman–Crippen LogP) is 2.94. The molecule has 1 amide bonds. The molecule has 5 heteroatoms. The topological polar surface area (TPSA) is 41.6 Å². The SMILES string of the molecule is CCOCCCN1C(=O)C(C(C)C)NC1c1ccc(C)s1. The van der Waals surface area contributed by atoms with Crippen LogP contribution in [-0.2, 0) is 9.53 Å². The fourth-order valence-electron chi connectivity index (χ4n) is 2.67. The number of nitrogens with zero attached hydrogens (tertiary/aromatic N) is 1. The molecule has 2 rings (SSSR count). The van der Waals surface area contributed by atoms with Crippen molar-refractivity contribution in [3.63, 3.8) is 0 Å². The summed E-state index contributed by atoms with van der Waals surface area (Å²) in [6, 6.07) is 4.17. The largest absolute Gasteiger partial charge is 0.382 e. The zero-order valence-corrected chi connectivity index (χ0v) is 14.2. The van der Waals surface area contributed by atoms with E-state index in [0.29, 0.717) is 12.5 Å². The van der Waals surface area contributed by atoms with E-state index in [-0.39, 0.29) is 18.1 Å². The lowest BCUT2D eigenvalue weighted by atomic mass is 10.1. The van der Waals surface area contributed by atoms with Gasteiger partial charge in [-0.3, -0.25) is 10.1 Å². The van der Waals surface area contributed by atoms with E-state index in [0.717, 1.165) is 19.6 Å². The molecule has 0 spiro atoms. The number of carbonyl (C=O) groups is 1. The summed E-state index contributed by atoms with van der Waals surface area (Å²) >= 11 is 1.76. The van der Waals surface area contributed by atoms with Crippen molar-refractivity contribution in [3.8, 4) is 0 Å². The number of ether oxygens (including phenoxy) is 1. The third kappa shape index (κ3) is 3.84. The van der Waals surface area contributed by atoms with E-state index in [2.05, 4.69) is 38.2 Å². The van der Waals surface area contributed by atoms with Gasteiger partial charge in [-0.2, -0.15) is 0 Å². The fraction of sp³-hybridized carbons (Fsp3) is 0.688. The lowest BCUT2D eigenvalue weighted by Gasteiger charge is -2.23. The van der Waals surface area contributed by atoms with Crippen LogP contribution in [0.25, 0.3) is 0 Å². The van der Waals surface area contributed by atoms with Crippen LogP contribution in [0.4, 0.5) is 0 Å². The quantitative estimate of drug-likeness (QED) is 0.787. The third-order valence-corrected chi connectivity index (χ3v) is 4.84. The Morgan fingerprint density at radius 3 is 2.76 bits per heavy atom. The Hall–Kier alpha value is -0.910. The maximum atomic E-state index is 12.6. The van der Waals surface area contributed by atoms with Crippen LogP contribution < -0.4 is 5.32 Å². The summed E-state index contributed by atoms with van der Waals surface area (Å²) in [5, 5.41) is 3.51. The van der Waals surface area contributed by atoms with Crippen LogP contribution in [-0.4, -0.2) is 36.6 Å². The molecule has 1 saturated heterocycles. The molecule has 2 atom stereocenters. The number of hydrogen-bond acceptors (Lipinski definition) is 4. The Labute approximate surface area is 131 Å². The lowest BCUT2D eigenvalue weighted by Crippen LogP contribution is -2.35. The van der Waals surface area contributed by atoms with Gasteiger partial charge in [-0.15, -0.1) is 11.3 Å². The van der Waals surface area contributed by atoms with Crippen LogP contribution in [0.1, 0.15) is 43.1 Å². The Kier molecular flexibility index (Phi) is 5.79. The maximum Gasteiger partial charge on any atom is 0.241 e. The maximum absolute atomic E-state index is 12.6. The van der Waals surface area contributed by atoms with Crippen molar-refractivity contribution in [1.29, 1.82) is 0 Å². The Morgan fingerprint density at radius 2 is 2.19 bits per heavy atom. The molecule has 0 radical (unpaired) electrons. The second-order valence-corrected chi connectivity index (χ2v) is 7.14. The van der Waals surface area contributed by atoms with Crippen molar-refractivity contribution in [2.24, 2.45) is 5.92 Å². The molecule has 0 saturated carbocycles. The Bertz CT molecular complexity index is 473. The van der Waals surface area contributed by atoms with Gasteiger partial charge in [0.15, 0.2) is 0 Å². The van der Waals surface area contributed by atoms with E-state index in [1.165, 1.54) is 9.75 Å². The molecule has 0 aromatic carbocycles. The smallest absolute Gasteiger partial charge is 0.241 e. The molecular weight excluding hydrogens is 284 g/mol. The molecule has 1 N–H and O–H groups in total. The number of rotatable bonds is 7. The molecule has 1 aliphatic heterocycles. The van der Waals surface area contributed by atoms with E-state index in [9.17, 15) is 4.79 Å². The molecule has 0 bridgehead atoms. The summed E-state index contributed by atoms with van der Waals surface area (Å²) in [5.74, 6) is 0.524. The first-order valence-corrected chi connectivity index (χ1v) is 8.56. The summed E-state index contributed by atoms with van der Waals surface area (Å²) in [4.78, 5) is 17.1. The van der Waals surface area contributed by atoms with Gasteiger partial charge in [-0.05, 0) is 38.3 Å². The van der Waals surface area contributed by atoms with Crippen LogP contribution >= 0.6 is 11.3 Å². The van der Waals surface area contributed by atoms with E-state index in [4.69, 9.17) is 4.74 Å². The first-order chi connectivity index (χ1) is 10.0. The molecule has 0 aliphatic carbocycles. The summed E-state index contributed by atoms with van der Waals surface area (Å²) in [6.45, 7) is 10.5. The highest BCUT2D eigenvalue weighted by molar-refractivity contribution is 7.12. The van der Waals surface area contributed by atoms with Crippen LogP contribution in [0.5, 0.6) is 0 Å². The average molecular weight is 310 g/mol. The number of carbonyl (C=O) groups excluding carboxylic acids is 1. The van der Waals surface area contributed by atoms with Crippen LogP contribution in [0.2, 0.25) is 0 Å². The van der Waals surface area contributed by atoms with Gasteiger partial charge in [0.25, 0.3) is 0 Å². The van der Waals surface area contributed by atoms with Gasteiger partial charge in [-0.25, -0.2) is 0 Å². The molecule has 2 unspecified atom stereocenters. The molecule has 1 aliphatic rings. The molecule has 4 nitrogen and oxygen atoms in total. The second-order valence-electron chi connectivity index (χ2n) is 5.82. The minimum atomic E-state index is -0.0792. The monoisotopic (exact) mass is 310 g/mol. The minimum absolute atomic E-state index is 0.0187. The van der Waals surface area contributed by atoms with Gasteiger partial charge in [0.1, 0.15) is 6.17 Å². The van der Waals surface area contributed by atoms with Gasteiger partial charge in [0, 0.05) is 29.5 Å². The third-order valence-electron chi connectivity index (χ3n) is 3.79. The standard InChI is InChI=1S/C16H26N2O2S/c1-5-20-10-6-9-18-15(13-8-7-12(4)21-13)17-14(11(2)3)16(18)19/h7-8,11,14-15,17H,5-6,9-10H2,1-4H3. The van der Waals surface area contributed by atoms with Gasteiger partial charge >= 0.3 is 0 Å². The highest BCUT2D eigenvalue weighted by Crippen LogP contribution is 2.32. The first kappa shape index (κ1) is 16.5. The molecular formula is C16H26N2O2S. The summed E-state index contributed by atoms with van der Waals surface area (Å²) < 4.78 is 5.39. The van der Waals surface area contributed by atoms with Gasteiger partial charge < -0.3 is 9.64 Å². The first-order valence-electron chi connectivity index (χ1n) is 7.75. The van der Waals surface area contributed by atoms with E-state index in [1.54, 1.807) is 11.3 Å². The van der Waals surface area contributed by atoms with Crippen LogP contribution in [0.3, 0.4) is 0 Å². The molecule has 1 fully saturated rings. The average Bonchev–Trinajstić information content (AvgIpc) is 2.99. The second kappa shape index (κ2) is 7.38. The summed E-state index contributed by atoms with van der Waals surface area (Å²) in [5.41, 5.74) is 0. The van der Waals surface area contributed by atoms with Gasteiger partial charge in [-0.1, -0.05) is 13.8 Å². The predicted molar refractivity (Wildman–Crippen MR) is 86.4 cm³/mol. The van der Waals surface area contributed by atoms with Crippen molar-refractivity contribution in [2.75, 3.05) is 19.8 Å². The van der Waals surface area contributed by atoms with Crippen molar-refractivity contribution in [3.05, 3.63) is 21.9 Å². The molecule has 2 heterocycles. The zero-order valence-electron chi connectivity index (χ0n) is 13.4. The number of aryl methyl sites for hydroxylation is 1. The molecule has 118 valence electrons. The van der Waals surface area contributed by atoms with Gasteiger partial charge in [0.05, 0.1) is 6.04 Å². The molecule has 1 aromatic heterocycles. The van der Waals surface area contributed by atoms with Crippen molar-refractivity contribution >= 4 is 17.2 Å². The van der Waals surface area contributed by atoms with Crippen molar-refractivity contribution in [1.82, 2.24) is 10.2 Å². The normalized spacial score (nSPS) is 22.5. The fourth-order valence-corrected chi connectivity index (χ4v) is 3.62. The Morgan fingerprint density at radius 1 is 1.43 bits per heavy atom. The number of amides is 1. The van der Waals surface area contributed by atoms with Gasteiger partial charge in [0.2, 0.25) is 5.91 Å². The molecule has 21 heavy (non-hydrogen) atoms. The van der Waals surface area contributed by atoms with E-state index in [1.807, 2.05) is 11.8 Å². The number of thiophene rings is 1. The highest BCUT2D eigenvalue weighted by atomic mass is 32.1. The highest BCUT2D eigenvalue weighted by Gasteiger charge is 2.41. The van der Waals surface area contributed by atoms with Crippen LogP contribution in [0.15, 0.2) is 12.1 Å². The number of hydrogen-bond donors (Lipinski definition) is 1.